The molecule has 162 valence electrons. The van der Waals surface area contributed by atoms with Crippen LogP contribution in [0.5, 0.6) is 5.75 Å². The Morgan fingerprint density at radius 2 is 2.00 bits per heavy atom. The number of rotatable bonds is 6. The summed E-state index contributed by atoms with van der Waals surface area (Å²) < 4.78 is 7.29. The summed E-state index contributed by atoms with van der Waals surface area (Å²) in [6, 6.07) is 15.4. The monoisotopic (exact) mass is 465 g/mol. The smallest absolute Gasteiger partial charge is 0.323 e. The molecule has 4 rings (SSSR count). The van der Waals surface area contributed by atoms with Gasteiger partial charge in [-0.25, -0.2) is 4.68 Å². The van der Waals surface area contributed by atoms with Gasteiger partial charge in [0, 0.05) is 17.3 Å². The van der Waals surface area contributed by atoms with Gasteiger partial charge in [0.05, 0.1) is 17.7 Å². The van der Waals surface area contributed by atoms with Crippen LogP contribution in [0.4, 0.5) is 0 Å². The normalized spacial score (nSPS) is 14.9. The number of amides is 1. The van der Waals surface area contributed by atoms with Crippen LogP contribution in [0.3, 0.4) is 0 Å². The molecule has 0 spiro atoms. The third-order valence-corrected chi connectivity index (χ3v) is 6.28. The summed E-state index contributed by atoms with van der Waals surface area (Å²) in [5.41, 5.74) is 4.15. The number of aromatic nitrogens is 2. The van der Waals surface area contributed by atoms with Crippen molar-refractivity contribution in [1.82, 2.24) is 14.7 Å². The van der Waals surface area contributed by atoms with Crippen LogP contribution in [0.15, 0.2) is 59.6 Å². The molecule has 1 aliphatic rings. The quantitative estimate of drug-likeness (QED) is 0.433. The highest BCUT2D eigenvalue weighted by Gasteiger charge is 2.33. The highest BCUT2D eigenvalue weighted by Crippen LogP contribution is 2.36. The van der Waals surface area contributed by atoms with E-state index in [1.807, 2.05) is 61.7 Å². The standard InChI is InChI=1S/C23H19N3O4S2/c1-14-10-17(30-2)8-9-18(14)21-15(12-26(24-21)16-6-4-3-5-7-16)11-19-22(29)25(13-20(27)28)23(31)32-19/h3-12H,13H2,1-2H3,(H,27,28)/b19-11-. The van der Waals surface area contributed by atoms with Gasteiger partial charge < -0.3 is 9.84 Å². The summed E-state index contributed by atoms with van der Waals surface area (Å²) >= 11 is 6.30. The first-order chi connectivity index (χ1) is 15.4. The van der Waals surface area contributed by atoms with Gasteiger partial charge in [0.2, 0.25) is 0 Å². The Hall–Kier alpha value is -3.43. The first-order valence-corrected chi connectivity index (χ1v) is 10.9. The lowest BCUT2D eigenvalue weighted by atomic mass is 10.0. The summed E-state index contributed by atoms with van der Waals surface area (Å²) in [5, 5.41) is 13.9. The van der Waals surface area contributed by atoms with E-state index in [-0.39, 0.29) is 4.32 Å². The highest BCUT2D eigenvalue weighted by atomic mass is 32.2. The average Bonchev–Trinajstić information content (AvgIpc) is 3.30. The molecule has 1 aromatic heterocycles. The summed E-state index contributed by atoms with van der Waals surface area (Å²) in [4.78, 5) is 25.3. The molecule has 9 heteroatoms. The van der Waals surface area contributed by atoms with Crippen molar-refractivity contribution >= 4 is 46.3 Å². The Morgan fingerprint density at radius 3 is 2.66 bits per heavy atom. The Kier molecular flexibility index (Phi) is 6.11. The zero-order valence-electron chi connectivity index (χ0n) is 17.3. The van der Waals surface area contributed by atoms with Crippen LogP contribution in [0, 0.1) is 6.92 Å². The van der Waals surface area contributed by atoms with Gasteiger partial charge in [-0.3, -0.25) is 14.5 Å². The zero-order valence-corrected chi connectivity index (χ0v) is 18.9. The van der Waals surface area contributed by atoms with Crippen LogP contribution in [0.25, 0.3) is 23.0 Å². The molecule has 0 aliphatic carbocycles. The van der Waals surface area contributed by atoms with E-state index in [0.717, 1.165) is 44.8 Å². The number of benzene rings is 2. The van der Waals surface area contributed by atoms with Gasteiger partial charge in [0.1, 0.15) is 22.3 Å². The molecular weight excluding hydrogens is 446 g/mol. The van der Waals surface area contributed by atoms with Crippen molar-refractivity contribution in [2.24, 2.45) is 0 Å². The molecule has 0 saturated carbocycles. The molecular formula is C23H19N3O4S2. The minimum absolute atomic E-state index is 0.223. The van der Waals surface area contributed by atoms with Crippen LogP contribution in [-0.2, 0) is 9.59 Å². The number of aliphatic carboxylic acids is 1. The van der Waals surface area contributed by atoms with Crippen molar-refractivity contribution in [1.29, 1.82) is 0 Å². The number of hydrogen-bond acceptors (Lipinski definition) is 6. The summed E-state index contributed by atoms with van der Waals surface area (Å²) in [7, 11) is 1.61. The second kappa shape index (κ2) is 8.97. The van der Waals surface area contributed by atoms with E-state index in [2.05, 4.69) is 0 Å². The van der Waals surface area contributed by atoms with E-state index in [1.165, 1.54) is 0 Å². The number of carbonyl (C=O) groups excluding carboxylic acids is 1. The average molecular weight is 466 g/mol. The SMILES string of the molecule is COc1ccc(-c2nn(-c3ccccc3)cc2/C=C2\SC(=S)N(CC(=O)O)C2=O)c(C)c1. The zero-order chi connectivity index (χ0) is 22.8. The lowest BCUT2D eigenvalue weighted by Gasteiger charge is -2.10. The number of nitrogens with zero attached hydrogens (tertiary/aromatic N) is 3. The van der Waals surface area contributed by atoms with Crippen LogP contribution in [-0.4, -0.2) is 49.6 Å². The number of carbonyl (C=O) groups is 2. The lowest BCUT2D eigenvalue weighted by Crippen LogP contribution is -2.33. The molecule has 2 heterocycles. The number of thioether (sulfide) groups is 1. The second-order valence-corrected chi connectivity index (χ2v) is 8.73. The minimum Gasteiger partial charge on any atom is -0.497 e. The topological polar surface area (TPSA) is 84.7 Å². The van der Waals surface area contributed by atoms with Crippen molar-refractivity contribution in [3.8, 4) is 22.7 Å². The van der Waals surface area contributed by atoms with Crippen LogP contribution in [0.2, 0.25) is 0 Å². The van der Waals surface area contributed by atoms with Crippen molar-refractivity contribution in [2.45, 2.75) is 6.92 Å². The van der Waals surface area contributed by atoms with Crippen molar-refractivity contribution < 1.29 is 19.4 Å². The Labute approximate surface area is 194 Å². The third-order valence-electron chi connectivity index (χ3n) is 4.91. The molecule has 32 heavy (non-hydrogen) atoms. The Bertz CT molecular complexity index is 1250. The van der Waals surface area contributed by atoms with E-state index in [4.69, 9.17) is 27.2 Å². The Balaban J connectivity index is 1.82. The molecule has 1 fully saturated rings. The van der Waals surface area contributed by atoms with Crippen molar-refractivity contribution in [2.75, 3.05) is 13.7 Å². The molecule has 1 aliphatic heterocycles. The number of hydrogen-bond donors (Lipinski definition) is 1. The molecule has 2 aromatic carbocycles. The third kappa shape index (κ3) is 4.30. The van der Waals surface area contributed by atoms with Crippen LogP contribution < -0.4 is 4.74 Å². The fourth-order valence-electron chi connectivity index (χ4n) is 3.36. The molecule has 0 atom stereocenters. The number of thiocarbonyl (C=S) groups is 1. The molecule has 1 amide bonds. The fourth-order valence-corrected chi connectivity index (χ4v) is 4.60. The van der Waals surface area contributed by atoms with E-state index in [9.17, 15) is 9.59 Å². The van der Waals surface area contributed by atoms with E-state index in [0.29, 0.717) is 10.6 Å². The lowest BCUT2D eigenvalue weighted by molar-refractivity contribution is -0.140. The van der Waals surface area contributed by atoms with Gasteiger partial charge in [-0.2, -0.15) is 5.10 Å². The number of para-hydroxylation sites is 1. The van der Waals surface area contributed by atoms with Crippen LogP contribution in [0.1, 0.15) is 11.1 Å². The summed E-state index contributed by atoms with van der Waals surface area (Å²) in [6.45, 7) is 1.51. The maximum Gasteiger partial charge on any atom is 0.323 e. The van der Waals surface area contributed by atoms with E-state index < -0.39 is 18.4 Å². The van der Waals surface area contributed by atoms with Crippen molar-refractivity contribution in [3.05, 3.63) is 70.8 Å². The minimum atomic E-state index is -1.12. The van der Waals surface area contributed by atoms with Gasteiger partial charge in [0.15, 0.2) is 0 Å². The first-order valence-electron chi connectivity index (χ1n) is 9.64. The number of methoxy groups -OCH3 is 1. The maximum absolute atomic E-state index is 12.8. The van der Waals surface area contributed by atoms with Crippen molar-refractivity contribution in [3.63, 3.8) is 0 Å². The van der Waals surface area contributed by atoms with Gasteiger partial charge >= 0.3 is 5.97 Å². The molecule has 0 unspecified atom stereocenters. The highest BCUT2D eigenvalue weighted by molar-refractivity contribution is 8.26. The second-order valence-electron chi connectivity index (χ2n) is 7.06. The first kappa shape index (κ1) is 21.8. The summed E-state index contributed by atoms with van der Waals surface area (Å²) in [5.74, 6) is -0.800. The predicted molar refractivity (Wildman–Crippen MR) is 128 cm³/mol. The molecule has 1 saturated heterocycles. The van der Waals surface area contributed by atoms with Gasteiger partial charge in [-0.15, -0.1) is 0 Å². The predicted octanol–water partition coefficient (Wildman–Crippen LogP) is 4.14. The number of carboxylic acids is 1. The summed E-state index contributed by atoms with van der Waals surface area (Å²) in [6.07, 6.45) is 3.56. The van der Waals surface area contributed by atoms with Gasteiger partial charge in [-0.1, -0.05) is 42.2 Å². The number of aryl methyl sites for hydroxylation is 1. The van der Waals surface area contributed by atoms with E-state index >= 15 is 0 Å². The number of carboxylic acid groups (broad SMARTS) is 1. The van der Waals surface area contributed by atoms with E-state index in [1.54, 1.807) is 17.9 Å². The maximum atomic E-state index is 12.8. The van der Waals surface area contributed by atoms with Gasteiger partial charge in [0.25, 0.3) is 5.91 Å². The molecule has 0 radical (unpaired) electrons. The molecule has 1 N–H and O–H groups in total. The Morgan fingerprint density at radius 1 is 1.25 bits per heavy atom. The molecule has 0 bridgehead atoms. The fraction of sp³-hybridized carbons (Fsp3) is 0.130. The van der Waals surface area contributed by atoms with Crippen LogP contribution >= 0.6 is 24.0 Å². The number of ether oxygens (including phenoxy) is 1. The molecule has 3 aromatic rings. The largest absolute Gasteiger partial charge is 0.497 e. The molecule has 7 nitrogen and oxygen atoms in total. The van der Waals surface area contributed by atoms with Gasteiger partial charge in [-0.05, 0) is 48.9 Å².